The summed E-state index contributed by atoms with van der Waals surface area (Å²) in [5.74, 6) is 0. The number of rotatable bonds is 4. The number of non-ortho nitro benzene ring substituents is 1. The number of aryl methyl sites for hydroxylation is 2. The van der Waals surface area contributed by atoms with Crippen molar-refractivity contribution in [2.24, 2.45) is 0 Å². The minimum atomic E-state index is -0.379. The average molecular weight is 216 g/mol. The van der Waals surface area contributed by atoms with Crippen molar-refractivity contribution in [1.82, 2.24) is 4.57 Å². The topological polar surface area (TPSA) is 48.1 Å². The van der Waals surface area contributed by atoms with E-state index in [-0.39, 0.29) is 10.6 Å². The maximum atomic E-state index is 10.5. The van der Waals surface area contributed by atoms with Crippen LogP contribution >= 0.6 is 0 Å². The third-order valence-electron chi connectivity index (χ3n) is 2.47. The molecule has 4 heteroatoms. The van der Waals surface area contributed by atoms with Crippen LogP contribution in [0.15, 0.2) is 48.8 Å². The number of nitrogens with zero attached hydrogens (tertiary/aromatic N) is 2. The van der Waals surface area contributed by atoms with Crippen molar-refractivity contribution in [3.63, 3.8) is 0 Å². The highest BCUT2D eigenvalue weighted by Gasteiger charge is 2.03. The summed E-state index contributed by atoms with van der Waals surface area (Å²) in [6, 6.07) is 10.7. The zero-order valence-corrected chi connectivity index (χ0v) is 8.74. The lowest BCUT2D eigenvalue weighted by Crippen LogP contribution is -1.98. The first-order valence-corrected chi connectivity index (χ1v) is 5.10. The van der Waals surface area contributed by atoms with Crippen LogP contribution in [0.1, 0.15) is 5.56 Å². The smallest absolute Gasteiger partial charge is 0.269 e. The predicted octanol–water partition coefficient (Wildman–Crippen LogP) is 2.64. The number of hydrogen-bond acceptors (Lipinski definition) is 2. The molecule has 1 aromatic heterocycles. The van der Waals surface area contributed by atoms with Crippen molar-refractivity contribution in [2.75, 3.05) is 0 Å². The molecule has 4 nitrogen and oxygen atoms in total. The summed E-state index contributed by atoms with van der Waals surface area (Å²) in [5.41, 5.74) is 1.25. The zero-order valence-electron chi connectivity index (χ0n) is 8.74. The summed E-state index contributed by atoms with van der Waals surface area (Å²) in [4.78, 5) is 10.1. The molecule has 2 aromatic rings. The van der Waals surface area contributed by atoms with E-state index in [1.54, 1.807) is 12.1 Å². The zero-order chi connectivity index (χ0) is 11.4. The van der Waals surface area contributed by atoms with E-state index in [1.807, 2.05) is 36.7 Å². The summed E-state index contributed by atoms with van der Waals surface area (Å²) >= 11 is 0. The second-order valence-corrected chi connectivity index (χ2v) is 3.59. The lowest BCUT2D eigenvalue weighted by Gasteiger charge is -2.02. The van der Waals surface area contributed by atoms with E-state index in [0.717, 1.165) is 18.5 Å². The Balaban J connectivity index is 1.98. The first-order chi connectivity index (χ1) is 7.75. The molecular weight excluding hydrogens is 204 g/mol. The first-order valence-electron chi connectivity index (χ1n) is 5.10. The Hall–Kier alpha value is -2.10. The molecule has 0 fully saturated rings. The molecule has 0 spiro atoms. The molecule has 0 aliphatic heterocycles. The van der Waals surface area contributed by atoms with Gasteiger partial charge in [-0.2, -0.15) is 0 Å². The molecule has 0 N–H and O–H groups in total. The van der Waals surface area contributed by atoms with Gasteiger partial charge in [-0.3, -0.25) is 10.1 Å². The maximum Gasteiger partial charge on any atom is 0.269 e. The van der Waals surface area contributed by atoms with E-state index in [4.69, 9.17) is 0 Å². The summed E-state index contributed by atoms with van der Waals surface area (Å²) in [7, 11) is 0. The van der Waals surface area contributed by atoms with Crippen molar-refractivity contribution in [3.05, 3.63) is 64.5 Å². The molecule has 0 saturated heterocycles. The number of nitro groups is 1. The second-order valence-electron chi connectivity index (χ2n) is 3.59. The summed E-state index contributed by atoms with van der Waals surface area (Å²) in [6.45, 7) is 0.894. The van der Waals surface area contributed by atoms with E-state index >= 15 is 0 Å². The van der Waals surface area contributed by atoms with E-state index in [2.05, 4.69) is 4.57 Å². The minimum absolute atomic E-state index is 0.143. The van der Waals surface area contributed by atoms with Crippen LogP contribution < -0.4 is 0 Å². The maximum absolute atomic E-state index is 10.5. The fourth-order valence-corrected chi connectivity index (χ4v) is 1.56. The largest absolute Gasteiger partial charge is 0.354 e. The van der Waals surface area contributed by atoms with E-state index < -0.39 is 0 Å². The summed E-state index contributed by atoms with van der Waals surface area (Å²) in [5, 5.41) is 10.5. The van der Waals surface area contributed by atoms with Crippen molar-refractivity contribution in [1.29, 1.82) is 0 Å². The SMILES string of the molecule is O=[N+]([O-])c1ccc(CCn2cccc2)cc1. The lowest BCUT2D eigenvalue weighted by molar-refractivity contribution is -0.384. The normalized spacial score (nSPS) is 10.2. The van der Waals surface area contributed by atoms with Gasteiger partial charge in [-0.1, -0.05) is 12.1 Å². The van der Waals surface area contributed by atoms with E-state index in [1.165, 1.54) is 0 Å². The molecule has 0 atom stereocenters. The summed E-state index contributed by atoms with van der Waals surface area (Å²) in [6.07, 6.45) is 4.89. The molecule has 82 valence electrons. The fourth-order valence-electron chi connectivity index (χ4n) is 1.56. The van der Waals surface area contributed by atoms with Crippen molar-refractivity contribution in [3.8, 4) is 0 Å². The molecule has 0 bridgehead atoms. The van der Waals surface area contributed by atoms with Crippen LogP contribution in [0.2, 0.25) is 0 Å². The number of nitro benzene ring substituents is 1. The molecule has 0 aliphatic rings. The Morgan fingerprint density at radius 1 is 1.12 bits per heavy atom. The van der Waals surface area contributed by atoms with Crippen LogP contribution in [0.25, 0.3) is 0 Å². The molecule has 16 heavy (non-hydrogen) atoms. The molecular formula is C12H12N2O2. The third kappa shape index (κ3) is 2.48. The lowest BCUT2D eigenvalue weighted by atomic mass is 10.1. The average Bonchev–Trinajstić information content (AvgIpc) is 2.80. The van der Waals surface area contributed by atoms with Gasteiger partial charge in [0.05, 0.1) is 4.92 Å². The number of aromatic nitrogens is 1. The van der Waals surface area contributed by atoms with Gasteiger partial charge >= 0.3 is 0 Å². The molecule has 0 amide bonds. The number of hydrogen-bond donors (Lipinski definition) is 0. The van der Waals surface area contributed by atoms with Gasteiger partial charge in [-0.05, 0) is 24.1 Å². The van der Waals surface area contributed by atoms with Crippen molar-refractivity contribution in [2.45, 2.75) is 13.0 Å². The van der Waals surface area contributed by atoms with Crippen LogP contribution in [0.4, 0.5) is 5.69 Å². The highest BCUT2D eigenvalue weighted by molar-refractivity contribution is 5.32. The Labute approximate surface area is 93.3 Å². The third-order valence-corrected chi connectivity index (χ3v) is 2.47. The molecule has 0 unspecified atom stereocenters. The van der Waals surface area contributed by atoms with Gasteiger partial charge in [0.2, 0.25) is 0 Å². The van der Waals surface area contributed by atoms with Crippen LogP contribution in [0, 0.1) is 10.1 Å². The first kappa shape index (κ1) is 10.4. The second kappa shape index (κ2) is 4.61. The highest BCUT2D eigenvalue weighted by atomic mass is 16.6. The van der Waals surface area contributed by atoms with Gasteiger partial charge in [0.1, 0.15) is 0 Å². The molecule has 1 aromatic carbocycles. The summed E-state index contributed by atoms with van der Waals surface area (Å²) < 4.78 is 2.08. The van der Waals surface area contributed by atoms with Gasteiger partial charge in [0.15, 0.2) is 0 Å². The van der Waals surface area contributed by atoms with Gasteiger partial charge in [0.25, 0.3) is 5.69 Å². The van der Waals surface area contributed by atoms with Crippen molar-refractivity contribution >= 4 is 5.69 Å². The Morgan fingerprint density at radius 3 is 2.31 bits per heavy atom. The van der Waals surface area contributed by atoms with E-state index in [9.17, 15) is 10.1 Å². The van der Waals surface area contributed by atoms with Crippen molar-refractivity contribution < 1.29 is 4.92 Å². The Kier molecular flexibility index (Phi) is 3.00. The Bertz CT molecular complexity index is 460. The van der Waals surface area contributed by atoms with Gasteiger partial charge in [-0.25, -0.2) is 0 Å². The molecule has 1 heterocycles. The molecule has 2 rings (SSSR count). The molecule has 0 aliphatic carbocycles. The van der Waals surface area contributed by atoms with Gasteiger partial charge in [-0.15, -0.1) is 0 Å². The highest BCUT2D eigenvalue weighted by Crippen LogP contribution is 2.12. The van der Waals surface area contributed by atoms with Crippen LogP contribution in [-0.2, 0) is 13.0 Å². The predicted molar refractivity (Wildman–Crippen MR) is 61.2 cm³/mol. The Morgan fingerprint density at radius 2 is 1.75 bits per heavy atom. The minimum Gasteiger partial charge on any atom is -0.354 e. The van der Waals surface area contributed by atoms with Crippen LogP contribution in [0.5, 0.6) is 0 Å². The van der Waals surface area contributed by atoms with Gasteiger partial charge in [0, 0.05) is 31.1 Å². The van der Waals surface area contributed by atoms with Gasteiger partial charge < -0.3 is 4.57 Å². The fraction of sp³-hybridized carbons (Fsp3) is 0.167. The van der Waals surface area contributed by atoms with Crippen LogP contribution in [0.3, 0.4) is 0 Å². The standard InChI is InChI=1S/C12H12N2O2/c15-14(16)12-5-3-11(4-6-12)7-10-13-8-1-2-9-13/h1-6,8-9H,7,10H2. The number of benzene rings is 1. The monoisotopic (exact) mass is 216 g/mol. The quantitative estimate of drug-likeness (QED) is 0.582. The van der Waals surface area contributed by atoms with Crippen LogP contribution in [-0.4, -0.2) is 9.49 Å². The van der Waals surface area contributed by atoms with E-state index in [0.29, 0.717) is 0 Å². The molecule has 0 saturated carbocycles. The molecule has 0 radical (unpaired) electrons.